The molecule has 2 rings (SSSR count). The number of carbonyl (C=O) groups excluding carboxylic acids is 2. The molecule has 0 aliphatic heterocycles. The van der Waals surface area contributed by atoms with Crippen LogP contribution in [0.1, 0.15) is 38.2 Å². The first-order chi connectivity index (χ1) is 10.6. The minimum atomic E-state index is -0.308. The number of rotatable bonds is 6. The van der Waals surface area contributed by atoms with E-state index in [4.69, 9.17) is 0 Å². The van der Waals surface area contributed by atoms with E-state index in [2.05, 4.69) is 5.32 Å². The lowest BCUT2D eigenvalue weighted by molar-refractivity contribution is -0.131. The summed E-state index contributed by atoms with van der Waals surface area (Å²) in [5.74, 6) is -0.348. The summed E-state index contributed by atoms with van der Waals surface area (Å²) >= 11 is 0. The average molecular weight is 306 g/mol. The first kappa shape index (κ1) is 16.5. The minimum Gasteiger partial charge on any atom is -0.354 e. The highest BCUT2D eigenvalue weighted by molar-refractivity contribution is 5.78. The number of halogens is 1. The third-order valence-electron chi connectivity index (χ3n) is 4.12. The molecule has 1 fully saturated rings. The number of carbonyl (C=O) groups is 2. The molecule has 22 heavy (non-hydrogen) atoms. The number of hydrogen-bond acceptors (Lipinski definition) is 2. The lowest BCUT2D eigenvalue weighted by Gasteiger charge is -2.27. The summed E-state index contributed by atoms with van der Waals surface area (Å²) in [4.78, 5) is 25.4. The van der Waals surface area contributed by atoms with Crippen LogP contribution in [0.25, 0.3) is 0 Å². The molecule has 1 aromatic carbocycles. The van der Waals surface area contributed by atoms with Crippen LogP contribution in [0, 0.1) is 5.82 Å². The van der Waals surface area contributed by atoms with Gasteiger partial charge in [0.1, 0.15) is 5.82 Å². The van der Waals surface area contributed by atoms with Crippen molar-refractivity contribution in [3.63, 3.8) is 0 Å². The summed E-state index contributed by atoms with van der Waals surface area (Å²) in [6.07, 6.45) is 4.69. The zero-order chi connectivity index (χ0) is 15.9. The molecule has 4 nitrogen and oxygen atoms in total. The highest BCUT2D eigenvalue weighted by atomic mass is 19.1. The predicted molar refractivity (Wildman–Crippen MR) is 82.8 cm³/mol. The molecule has 1 aliphatic carbocycles. The van der Waals surface area contributed by atoms with Crippen molar-refractivity contribution in [2.75, 3.05) is 13.1 Å². The Kier molecular flexibility index (Phi) is 5.92. The largest absolute Gasteiger partial charge is 0.354 e. The smallest absolute Gasteiger partial charge is 0.224 e. The second-order valence-electron chi connectivity index (χ2n) is 5.80. The van der Waals surface area contributed by atoms with E-state index in [9.17, 15) is 14.0 Å². The second-order valence-corrected chi connectivity index (χ2v) is 5.80. The van der Waals surface area contributed by atoms with Crippen LogP contribution in [0.4, 0.5) is 4.39 Å². The molecule has 0 aromatic heterocycles. The fourth-order valence-electron chi connectivity index (χ4n) is 2.98. The summed E-state index contributed by atoms with van der Waals surface area (Å²) in [5.41, 5.74) is 0.776. The monoisotopic (exact) mass is 306 g/mol. The topological polar surface area (TPSA) is 49.4 Å². The van der Waals surface area contributed by atoms with Gasteiger partial charge in [-0.05, 0) is 30.5 Å². The Labute approximate surface area is 130 Å². The van der Waals surface area contributed by atoms with Crippen molar-refractivity contribution >= 4 is 11.8 Å². The fraction of sp³-hybridized carbons (Fsp3) is 0.529. The van der Waals surface area contributed by atoms with Crippen LogP contribution in [0.2, 0.25) is 0 Å². The molecule has 0 spiro atoms. The number of benzene rings is 1. The Morgan fingerprint density at radius 1 is 1.23 bits per heavy atom. The van der Waals surface area contributed by atoms with E-state index in [0.29, 0.717) is 19.1 Å². The van der Waals surface area contributed by atoms with Gasteiger partial charge in [0.2, 0.25) is 11.8 Å². The van der Waals surface area contributed by atoms with E-state index < -0.39 is 0 Å². The van der Waals surface area contributed by atoms with Crippen LogP contribution in [-0.4, -0.2) is 35.8 Å². The van der Waals surface area contributed by atoms with E-state index in [1.807, 2.05) is 4.90 Å². The van der Waals surface area contributed by atoms with Gasteiger partial charge < -0.3 is 10.2 Å². The Bertz CT molecular complexity index is 510. The molecular weight excluding hydrogens is 283 g/mol. The molecule has 1 N–H and O–H groups in total. The first-order valence-electron chi connectivity index (χ1n) is 7.84. The molecule has 1 aliphatic rings. The van der Waals surface area contributed by atoms with Crippen molar-refractivity contribution in [1.82, 2.24) is 10.2 Å². The molecule has 0 heterocycles. The molecule has 2 amide bonds. The summed E-state index contributed by atoms with van der Waals surface area (Å²) in [7, 11) is 0. The maximum atomic E-state index is 12.8. The van der Waals surface area contributed by atoms with Gasteiger partial charge in [-0.2, -0.15) is 0 Å². The van der Waals surface area contributed by atoms with Gasteiger partial charge in [-0.25, -0.2) is 4.39 Å². The summed E-state index contributed by atoms with van der Waals surface area (Å²) < 4.78 is 12.8. The van der Waals surface area contributed by atoms with Crippen LogP contribution in [-0.2, 0) is 16.0 Å². The van der Waals surface area contributed by atoms with E-state index >= 15 is 0 Å². The number of nitrogens with one attached hydrogen (secondary N) is 1. The van der Waals surface area contributed by atoms with E-state index in [0.717, 1.165) is 18.4 Å². The third-order valence-corrected chi connectivity index (χ3v) is 4.12. The van der Waals surface area contributed by atoms with Gasteiger partial charge in [0.05, 0.1) is 6.42 Å². The molecule has 0 bridgehead atoms. The lowest BCUT2D eigenvalue weighted by atomic mass is 10.1. The zero-order valence-electron chi connectivity index (χ0n) is 13.0. The Morgan fingerprint density at radius 3 is 2.45 bits per heavy atom. The van der Waals surface area contributed by atoms with Gasteiger partial charge in [-0.15, -0.1) is 0 Å². The summed E-state index contributed by atoms with van der Waals surface area (Å²) in [6, 6.07) is 6.23. The van der Waals surface area contributed by atoms with E-state index in [-0.39, 0.29) is 24.1 Å². The molecular formula is C17H23FN2O2. The Hall–Kier alpha value is -1.91. The van der Waals surface area contributed by atoms with E-state index in [1.165, 1.54) is 25.0 Å². The molecule has 0 atom stereocenters. The van der Waals surface area contributed by atoms with Crippen LogP contribution < -0.4 is 5.32 Å². The van der Waals surface area contributed by atoms with Crippen molar-refractivity contribution in [3.05, 3.63) is 35.6 Å². The van der Waals surface area contributed by atoms with Gasteiger partial charge in [-0.1, -0.05) is 25.0 Å². The van der Waals surface area contributed by atoms with E-state index in [1.54, 1.807) is 19.1 Å². The van der Waals surface area contributed by atoms with Gasteiger partial charge in [0.15, 0.2) is 0 Å². The van der Waals surface area contributed by atoms with Crippen LogP contribution in [0.3, 0.4) is 0 Å². The normalized spacial score (nSPS) is 14.8. The number of nitrogens with zero attached hydrogens (tertiary/aromatic N) is 1. The molecule has 1 aromatic rings. The molecule has 5 heteroatoms. The minimum absolute atomic E-state index is 0.0692. The van der Waals surface area contributed by atoms with Crippen molar-refractivity contribution < 1.29 is 14.0 Å². The van der Waals surface area contributed by atoms with Crippen LogP contribution in [0.5, 0.6) is 0 Å². The Morgan fingerprint density at radius 2 is 1.86 bits per heavy atom. The van der Waals surface area contributed by atoms with Gasteiger partial charge >= 0.3 is 0 Å². The SMILES string of the molecule is CC(=O)N(CCNC(=O)Cc1ccc(F)cc1)C1CCCC1. The van der Waals surface area contributed by atoms with Crippen molar-refractivity contribution in [2.24, 2.45) is 0 Å². The second kappa shape index (κ2) is 7.92. The van der Waals surface area contributed by atoms with Crippen LogP contribution >= 0.6 is 0 Å². The highest BCUT2D eigenvalue weighted by Gasteiger charge is 2.24. The van der Waals surface area contributed by atoms with Crippen LogP contribution in [0.15, 0.2) is 24.3 Å². The Balaban J connectivity index is 1.75. The lowest BCUT2D eigenvalue weighted by Crippen LogP contribution is -2.42. The standard InChI is InChI=1S/C17H23FN2O2/c1-13(21)20(16-4-2-3-5-16)11-10-19-17(22)12-14-6-8-15(18)9-7-14/h6-9,16H,2-5,10-12H2,1H3,(H,19,22). The quantitative estimate of drug-likeness (QED) is 0.876. The predicted octanol–water partition coefficient (Wildman–Crippen LogP) is 2.28. The molecule has 120 valence electrons. The van der Waals surface area contributed by atoms with Gasteiger partial charge in [0, 0.05) is 26.1 Å². The fourth-order valence-corrected chi connectivity index (χ4v) is 2.98. The number of hydrogen-bond donors (Lipinski definition) is 1. The first-order valence-corrected chi connectivity index (χ1v) is 7.84. The van der Waals surface area contributed by atoms with Crippen molar-refractivity contribution in [3.8, 4) is 0 Å². The molecule has 1 saturated carbocycles. The molecule has 0 unspecified atom stereocenters. The third kappa shape index (κ3) is 4.83. The molecule has 0 saturated heterocycles. The molecule has 0 radical (unpaired) electrons. The summed E-state index contributed by atoms with van der Waals surface area (Å²) in [5, 5.41) is 2.83. The van der Waals surface area contributed by atoms with Gasteiger partial charge in [-0.3, -0.25) is 9.59 Å². The van der Waals surface area contributed by atoms with Crippen molar-refractivity contribution in [2.45, 2.75) is 45.1 Å². The average Bonchev–Trinajstić information content (AvgIpc) is 2.99. The maximum Gasteiger partial charge on any atom is 0.224 e. The maximum absolute atomic E-state index is 12.8. The van der Waals surface area contributed by atoms with Gasteiger partial charge in [0.25, 0.3) is 0 Å². The van der Waals surface area contributed by atoms with Crippen molar-refractivity contribution in [1.29, 1.82) is 0 Å². The number of amides is 2. The zero-order valence-corrected chi connectivity index (χ0v) is 13.0. The summed E-state index contributed by atoms with van der Waals surface area (Å²) in [6.45, 7) is 2.59. The highest BCUT2D eigenvalue weighted by Crippen LogP contribution is 2.23.